The number of hydrogen-bond donors (Lipinski definition) is 0. The molecule has 0 bridgehead atoms. The molecule has 2 aromatic heterocycles. The summed E-state index contributed by atoms with van der Waals surface area (Å²) < 4.78 is 19.8. The summed E-state index contributed by atoms with van der Waals surface area (Å²) in [4.78, 5) is 19.0. The van der Waals surface area contributed by atoms with Gasteiger partial charge in [-0.05, 0) is 42.8 Å². The molecule has 0 N–H and O–H groups in total. The normalized spacial score (nSPS) is 12.4. The number of fused-ring (bicyclic) bond motifs is 1. The van der Waals surface area contributed by atoms with Gasteiger partial charge in [-0.3, -0.25) is 9.48 Å². The molecule has 8 heteroatoms. The summed E-state index contributed by atoms with van der Waals surface area (Å²) in [5, 5.41) is 9.00. The van der Waals surface area contributed by atoms with E-state index >= 15 is 0 Å². The first-order chi connectivity index (χ1) is 19.4. The van der Waals surface area contributed by atoms with Crippen molar-refractivity contribution in [1.82, 2.24) is 14.0 Å². The third kappa shape index (κ3) is 4.42. The highest BCUT2D eigenvalue weighted by atomic mass is 32.1. The Morgan fingerprint density at radius 1 is 0.875 bits per heavy atom. The number of hydrogen-bond acceptors (Lipinski definition) is 4. The van der Waals surface area contributed by atoms with Crippen molar-refractivity contribution in [1.29, 1.82) is 0 Å². The first-order valence-corrected chi connectivity index (χ1v) is 13.7. The van der Waals surface area contributed by atoms with Crippen LogP contribution in [-0.2, 0) is 7.05 Å². The third-order valence-corrected chi connectivity index (χ3v) is 7.81. The standard InChI is InChI=1S/C32H26FN5OS/c1-21(25-16-9-10-19-28(25)33)35-37-29(27-18-11-13-23-12-7-8-17-26(23)27)20-40-32(37)34-30-22(2)36(3)38(31(30)39)24-14-5-4-6-15-24/h4-20H,1-3H3. The molecule has 0 aliphatic carbocycles. The zero-order chi connectivity index (χ0) is 27.8. The van der Waals surface area contributed by atoms with Crippen molar-refractivity contribution in [3.8, 4) is 16.9 Å². The molecular weight excluding hydrogens is 521 g/mol. The average molecular weight is 548 g/mol. The fraction of sp³-hybridized carbons (Fsp3) is 0.0938. The van der Waals surface area contributed by atoms with Crippen LogP contribution in [0.1, 0.15) is 18.2 Å². The van der Waals surface area contributed by atoms with Crippen LogP contribution < -0.4 is 10.4 Å². The fourth-order valence-corrected chi connectivity index (χ4v) is 5.67. The average Bonchev–Trinajstić information content (AvgIpc) is 3.46. The summed E-state index contributed by atoms with van der Waals surface area (Å²) in [6, 6.07) is 30.3. The van der Waals surface area contributed by atoms with Crippen LogP contribution in [0.25, 0.3) is 27.7 Å². The summed E-state index contributed by atoms with van der Waals surface area (Å²) in [6.45, 7) is 3.65. The van der Waals surface area contributed by atoms with Crippen molar-refractivity contribution in [2.75, 3.05) is 0 Å². The molecule has 0 saturated carbocycles. The zero-order valence-electron chi connectivity index (χ0n) is 22.2. The van der Waals surface area contributed by atoms with Gasteiger partial charge in [-0.2, -0.15) is 5.10 Å². The van der Waals surface area contributed by atoms with E-state index in [4.69, 9.17) is 10.1 Å². The SMILES string of the molecule is CC(=Nn1c(-c2cccc3ccccc23)csc1=Nc1c(C)n(C)n(-c2ccccc2)c1=O)c1ccccc1F. The molecule has 0 radical (unpaired) electrons. The van der Waals surface area contributed by atoms with Gasteiger partial charge in [-0.1, -0.05) is 78.9 Å². The van der Waals surface area contributed by atoms with E-state index in [9.17, 15) is 9.18 Å². The molecule has 2 heterocycles. The van der Waals surface area contributed by atoms with Crippen LogP contribution in [-0.4, -0.2) is 19.8 Å². The topological polar surface area (TPSA) is 56.6 Å². The lowest BCUT2D eigenvalue weighted by Crippen LogP contribution is -2.20. The molecule has 0 amide bonds. The monoisotopic (exact) mass is 547 g/mol. The number of benzene rings is 4. The number of halogens is 1. The van der Waals surface area contributed by atoms with Crippen LogP contribution >= 0.6 is 11.3 Å². The van der Waals surface area contributed by atoms with Gasteiger partial charge in [0, 0.05) is 23.6 Å². The minimum Gasteiger partial charge on any atom is -0.283 e. The van der Waals surface area contributed by atoms with Gasteiger partial charge in [0.1, 0.15) is 5.82 Å². The summed E-state index contributed by atoms with van der Waals surface area (Å²) in [5.41, 5.74) is 4.22. The van der Waals surface area contributed by atoms with Crippen molar-refractivity contribution >= 4 is 33.5 Å². The summed E-state index contributed by atoms with van der Waals surface area (Å²) in [5.74, 6) is -0.352. The Balaban J connectivity index is 1.62. The molecule has 40 heavy (non-hydrogen) atoms. The van der Waals surface area contributed by atoms with E-state index < -0.39 is 0 Å². The van der Waals surface area contributed by atoms with Gasteiger partial charge in [-0.15, -0.1) is 11.3 Å². The first-order valence-electron chi connectivity index (χ1n) is 12.8. The highest BCUT2D eigenvalue weighted by Crippen LogP contribution is 2.29. The zero-order valence-corrected chi connectivity index (χ0v) is 23.1. The van der Waals surface area contributed by atoms with Gasteiger partial charge >= 0.3 is 0 Å². The maximum atomic E-state index is 14.7. The molecule has 0 aliphatic rings. The molecule has 0 fully saturated rings. The molecule has 0 aliphatic heterocycles. The molecule has 4 aromatic carbocycles. The second-order valence-corrected chi connectivity index (χ2v) is 10.3. The minimum atomic E-state index is -0.352. The van der Waals surface area contributed by atoms with Crippen LogP contribution in [0.4, 0.5) is 10.1 Å². The Bertz CT molecular complexity index is 2020. The second kappa shape index (κ2) is 10.4. The third-order valence-electron chi connectivity index (χ3n) is 7.00. The molecule has 6 aromatic rings. The van der Waals surface area contributed by atoms with Gasteiger partial charge < -0.3 is 0 Å². The molecule has 0 unspecified atom stereocenters. The second-order valence-electron chi connectivity index (χ2n) is 9.43. The highest BCUT2D eigenvalue weighted by molar-refractivity contribution is 7.07. The van der Waals surface area contributed by atoms with Crippen LogP contribution in [0, 0.1) is 12.7 Å². The molecule has 0 saturated heterocycles. The molecular formula is C32H26FN5OS. The van der Waals surface area contributed by atoms with Crippen molar-refractivity contribution in [2.45, 2.75) is 13.8 Å². The lowest BCUT2D eigenvalue weighted by atomic mass is 10.0. The van der Waals surface area contributed by atoms with E-state index in [1.165, 1.54) is 17.4 Å². The van der Waals surface area contributed by atoms with Crippen LogP contribution in [0.3, 0.4) is 0 Å². The quantitative estimate of drug-likeness (QED) is 0.219. The van der Waals surface area contributed by atoms with Crippen molar-refractivity contribution in [3.05, 3.63) is 135 Å². The largest absolute Gasteiger partial charge is 0.297 e. The molecule has 0 atom stereocenters. The van der Waals surface area contributed by atoms with Crippen molar-refractivity contribution in [2.24, 2.45) is 17.1 Å². The number of para-hydroxylation sites is 1. The lowest BCUT2D eigenvalue weighted by Gasteiger charge is -2.09. The van der Waals surface area contributed by atoms with E-state index in [-0.39, 0.29) is 11.4 Å². The maximum absolute atomic E-state index is 14.7. The number of thiazole rings is 1. The van der Waals surface area contributed by atoms with E-state index in [1.54, 1.807) is 39.2 Å². The Hall–Kier alpha value is -4.82. The molecule has 0 spiro atoms. The van der Waals surface area contributed by atoms with E-state index in [1.807, 2.05) is 73.9 Å². The van der Waals surface area contributed by atoms with E-state index in [0.717, 1.165) is 33.4 Å². The number of rotatable bonds is 5. The van der Waals surface area contributed by atoms with Crippen LogP contribution in [0.2, 0.25) is 0 Å². The lowest BCUT2D eigenvalue weighted by molar-refractivity contribution is 0.624. The fourth-order valence-electron chi connectivity index (χ4n) is 4.85. The van der Waals surface area contributed by atoms with Gasteiger partial charge in [0.15, 0.2) is 5.69 Å². The maximum Gasteiger partial charge on any atom is 0.297 e. The predicted molar refractivity (Wildman–Crippen MR) is 160 cm³/mol. The first kappa shape index (κ1) is 25.5. The summed E-state index contributed by atoms with van der Waals surface area (Å²) in [7, 11) is 1.84. The molecule has 6 rings (SSSR count). The minimum absolute atomic E-state index is 0.229. The Kier molecular flexibility index (Phi) is 6.61. The Labute approximate surface area is 234 Å². The van der Waals surface area contributed by atoms with Crippen molar-refractivity contribution in [3.63, 3.8) is 0 Å². The van der Waals surface area contributed by atoms with Gasteiger partial charge in [0.05, 0.1) is 22.8 Å². The van der Waals surface area contributed by atoms with E-state index in [2.05, 4.69) is 18.2 Å². The van der Waals surface area contributed by atoms with Gasteiger partial charge in [0.25, 0.3) is 5.56 Å². The van der Waals surface area contributed by atoms with Gasteiger partial charge in [0.2, 0.25) is 4.80 Å². The van der Waals surface area contributed by atoms with Crippen LogP contribution in [0.15, 0.2) is 117 Å². The van der Waals surface area contributed by atoms with Crippen LogP contribution in [0.5, 0.6) is 0 Å². The number of aromatic nitrogens is 3. The molecule has 198 valence electrons. The number of nitrogens with zero attached hydrogens (tertiary/aromatic N) is 5. The Morgan fingerprint density at radius 2 is 1.57 bits per heavy atom. The summed E-state index contributed by atoms with van der Waals surface area (Å²) >= 11 is 1.38. The van der Waals surface area contributed by atoms with Gasteiger partial charge in [-0.25, -0.2) is 18.7 Å². The smallest absolute Gasteiger partial charge is 0.283 e. The predicted octanol–water partition coefficient (Wildman–Crippen LogP) is 6.81. The van der Waals surface area contributed by atoms with E-state index in [0.29, 0.717) is 21.8 Å². The molecule has 6 nitrogen and oxygen atoms in total. The Morgan fingerprint density at radius 3 is 2.38 bits per heavy atom. The highest BCUT2D eigenvalue weighted by Gasteiger charge is 2.18. The van der Waals surface area contributed by atoms with Crippen molar-refractivity contribution < 1.29 is 4.39 Å². The summed E-state index contributed by atoms with van der Waals surface area (Å²) in [6.07, 6.45) is 0.